The van der Waals surface area contributed by atoms with Gasteiger partial charge in [-0.05, 0) is 90.2 Å². The van der Waals surface area contributed by atoms with Gasteiger partial charge in [-0.15, -0.1) is 0 Å². The highest BCUT2D eigenvalue weighted by atomic mass is 16.3. The van der Waals surface area contributed by atoms with E-state index in [9.17, 15) is 12.3 Å². The molecular weight excluding hydrogens is 544 g/mol. The summed E-state index contributed by atoms with van der Waals surface area (Å²) in [6.45, 7) is 0. The van der Waals surface area contributed by atoms with Gasteiger partial charge in [0, 0.05) is 10.8 Å². The molecule has 45 heavy (non-hydrogen) atoms. The molecule has 0 spiro atoms. The molecule has 0 aliphatic rings. The minimum Gasteiger partial charge on any atom is -0.456 e. The third-order valence-electron chi connectivity index (χ3n) is 7.07. The lowest BCUT2D eigenvalue weighted by Crippen LogP contribution is -1.92. The molecule has 1 heterocycles. The minimum absolute atomic E-state index is 0.574. The van der Waals surface area contributed by atoms with E-state index in [-0.39, 0.29) is 0 Å². The molecule has 210 valence electrons. The van der Waals surface area contributed by atoms with Crippen LogP contribution >= 0.6 is 0 Å². The van der Waals surface area contributed by atoms with Crippen LogP contribution in [0.3, 0.4) is 0 Å². The fourth-order valence-electron chi connectivity index (χ4n) is 5.21. The fraction of sp³-hybridized carbons (Fsp3) is 0. The van der Waals surface area contributed by atoms with E-state index in [0.717, 1.165) is 0 Å². The highest BCUT2D eigenvalue weighted by Crippen LogP contribution is 2.46. The van der Waals surface area contributed by atoms with Crippen molar-refractivity contribution in [2.45, 2.75) is 0 Å². The first kappa shape index (κ1) is 10.1. The van der Waals surface area contributed by atoms with Crippen LogP contribution in [0.4, 0.5) is 0 Å². The van der Waals surface area contributed by atoms with Crippen LogP contribution in [0.25, 0.3) is 88.0 Å². The first-order valence-corrected chi connectivity index (χ1v) is 13.2. The summed E-state index contributed by atoms with van der Waals surface area (Å²) in [4.78, 5) is 0. The summed E-state index contributed by atoms with van der Waals surface area (Å²) >= 11 is 0. The van der Waals surface area contributed by atoms with Crippen molar-refractivity contribution in [1.82, 2.24) is 0 Å². The summed E-state index contributed by atoms with van der Waals surface area (Å²) in [6, 6.07) is -27.1. The van der Waals surface area contributed by atoms with E-state index in [4.69, 9.17) is 30.5 Å². The van der Waals surface area contributed by atoms with Gasteiger partial charge in [0.1, 0.15) is 11.2 Å². The summed E-state index contributed by atoms with van der Waals surface area (Å²) in [5.74, 6) is 0. The van der Waals surface area contributed by atoms with Crippen molar-refractivity contribution in [3.8, 4) is 44.5 Å². The van der Waals surface area contributed by atoms with Crippen LogP contribution in [0.5, 0.6) is 0 Å². The molecule has 1 nitrogen and oxygen atoms in total. The second-order valence-electron chi connectivity index (χ2n) is 9.51. The molecule has 9 aromatic rings. The van der Waals surface area contributed by atoms with Crippen molar-refractivity contribution in [1.29, 1.82) is 0 Å². The summed E-state index contributed by atoms with van der Waals surface area (Å²) in [6.07, 6.45) is 0. The van der Waals surface area contributed by atoms with Crippen LogP contribution in [-0.4, -0.2) is 0 Å². The molecule has 0 saturated carbocycles. The summed E-state index contributed by atoms with van der Waals surface area (Å²) in [7, 11) is 0. The van der Waals surface area contributed by atoms with Crippen molar-refractivity contribution in [2.75, 3.05) is 0 Å². The molecule has 0 aliphatic carbocycles. The third-order valence-corrected chi connectivity index (χ3v) is 7.07. The van der Waals surface area contributed by atoms with Crippen LogP contribution in [0.15, 0.2) is 174 Å². The Morgan fingerprint density at radius 3 is 1.36 bits per heavy atom. The van der Waals surface area contributed by atoms with E-state index in [1.807, 2.05) is 0 Å². The molecule has 0 amide bonds. The number of furan rings is 1. The van der Waals surface area contributed by atoms with Gasteiger partial charge in [0.15, 0.2) is 0 Å². The van der Waals surface area contributed by atoms with Crippen molar-refractivity contribution in [3.63, 3.8) is 0 Å². The zero-order valence-corrected chi connectivity index (χ0v) is 22.4. The molecule has 8 aromatic carbocycles. The number of hydrogen-bond acceptors (Lipinski definition) is 1. The minimum atomic E-state index is -1.07. The van der Waals surface area contributed by atoms with Crippen molar-refractivity contribution in [2.24, 2.45) is 0 Å². The average Bonchev–Trinajstić information content (AvgIpc) is 3.78. The van der Waals surface area contributed by atoms with E-state index in [2.05, 4.69) is 0 Å². The van der Waals surface area contributed by atoms with Gasteiger partial charge in [0.25, 0.3) is 0 Å². The number of rotatable bonds is 4. The van der Waals surface area contributed by atoms with Crippen LogP contribution < -0.4 is 0 Å². The van der Waals surface area contributed by atoms with Crippen LogP contribution in [-0.2, 0) is 0 Å². The summed E-state index contributed by atoms with van der Waals surface area (Å²) in [5.41, 5.74) is -7.65. The Morgan fingerprint density at radius 2 is 0.756 bits per heavy atom. The molecule has 0 aliphatic heterocycles. The van der Waals surface area contributed by atoms with E-state index < -0.39 is 257 Å². The molecular formula is C44H28O. The Balaban J connectivity index is 1.61. The van der Waals surface area contributed by atoms with Gasteiger partial charge in [-0.1, -0.05) is 145 Å². The van der Waals surface area contributed by atoms with Gasteiger partial charge in [0.05, 0.1) is 38.4 Å². The van der Waals surface area contributed by atoms with Gasteiger partial charge in [0.2, 0.25) is 0 Å². The molecule has 1 aromatic heterocycles. The predicted molar refractivity (Wildman–Crippen MR) is 190 cm³/mol. The maximum atomic E-state index is 9.87. The van der Waals surface area contributed by atoms with Gasteiger partial charge in [-0.2, -0.15) is 0 Å². The third kappa shape index (κ3) is 4.17. The lowest BCUT2D eigenvalue weighted by Gasteiger charge is -2.19. The molecule has 0 atom stereocenters. The van der Waals surface area contributed by atoms with E-state index >= 15 is 0 Å². The van der Waals surface area contributed by atoms with Crippen molar-refractivity contribution >= 4 is 43.5 Å². The Morgan fingerprint density at radius 1 is 0.311 bits per heavy atom. The van der Waals surface area contributed by atoms with Crippen molar-refractivity contribution in [3.05, 3.63) is 169 Å². The van der Waals surface area contributed by atoms with E-state index in [0.29, 0.717) is 0 Å². The normalized spacial score (nSPS) is 20.3. The van der Waals surface area contributed by atoms with Gasteiger partial charge < -0.3 is 4.42 Å². The lowest BCUT2D eigenvalue weighted by molar-refractivity contribution is 0.669. The number of fused-ring (bicyclic) bond motifs is 5. The quantitative estimate of drug-likeness (QED) is 0.183. The Kier molecular flexibility index (Phi) is 2.32. The topological polar surface area (TPSA) is 13.1 Å². The van der Waals surface area contributed by atoms with Crippen LogP contribution in [0.1, 0.15) is 38.4 Å². The van der Waals surface area contributed by atoms with E-state index in [1.165, 1.54) is 0 Å². The fourth-order valence-corrected chi connectivity index (χ4v) is 5.21. The maximum absolute atomic E-state index is 9.87. The lowest BCUT2D eigenvalue weighted by atomic mass is 9.83. The smallest absolute Gasteiger partial charge is 0.135 e. The van der Waals surface area contributed by atoms with E-state index in [1.54, 1.807) is 0 Å². The first-order chi connectivity index (χ1) is 34.0. The zero-order chi connectivity index (χ0) is 54.1. The molecule has 1 heteroatoms. The zero-order valence-electron chi connectivity index (χ0n) is 50.4. The second-order valence-corrected chi connectivity index (χ2v) is 9.51. The Hall–Kier alpha value is -5.92. The predicted octanol–water partition coefficient (Wildman–Crippen LogP) is 12.6. The molecule has 0 N–H and O–H groups in total. The molecule has 0 saturated heterocycles. The van der Waals surface area contributed by atoms with Crippen LogP contribution in [0, 0.1) is 0 Å². The molecule has 0 radical (unpaired) electrons. The summed E-state index contributed by atoms with van der Waals surface area (Å²) in [5, 5.41) is -4.34. The Bertz CT molecular complexity index is 3980. The number of benzene rings is 8. The largest absolute Gasteiger partial charge is 0.456 e. The van der Waals surface area contributed by atoms with Crippen molar-refractivity contribution < 1.29 is 42.8 Å². The van der Waals surface area contributed by atoms with Gasteiger partial charge in [-0.25, -0.2) is 0 Å². The maximum Gasteiger partial charge on any atom is 0.135 e. The molecule has 0 bridgehead atoms. The molecule has 9 rings (SSSR count). The first-order valence-electron chi connectivity index (χ1n) is 27.2. The monoisotopic (exact) mass is 600 g/mol. The highest BCUT2D eigenvalue weighted by Gasteiger charge is 2.19. The average molecular weight is 601 g/mol. The summed E-state index contributed by atoms with van der Waals surface area (Å²) < 4.78 is 256. The molecule has 0 unspecified atom stereocenters. The van der Waals surface area contributed by atoms with Gasteiger partial charge >= 0.3 is 0 Å². The highest BCUT2D eigenvalue weighted by molar-refractivity contribution is 6.23. The number of hydrogen-bond donors (Lipinski definition) is 0. The standard InChI is InChI=1S/C44H28O/c1-3-13-29(14-4-1)31-23-25-41-39(27-31)40-28-32(24-26-42(40)45-41)43-35-19-9-11-21-37(35)44(38-22-12-10-20-36(38)43)34-18-8-7-17-33(34)30-15-5-2-6-16-30/h1-28H/i1D,2D,3D,4D,5D,6D,7D,8D,9D,10D,11D,12D,13D,14D,15D,16D,17D,18D,19D,20D,21D,22D,23D,24D,25D,26D,27D,28D. The second kappa shape index (κ2) is 10.4. The van der Waals surface area contributed by atoms with Gasteiger partial charge in [-0.3, -0.25) is 0 Å². The molecule has 0 fully saturated rings. The SMILES string of the molecule is [2H]c1c([2H])c([2H])c(-c2c([2H])c([2H])c([2H])c([2H])c2-c2c3c([2H])c([2H])c([2H])c([2H])c3c(-c3c([2H])c([2H])c4oc5c([2H])c([2H])c(-c6c([2H])c([2H])c([2H])c([2H])c6[2H])c([2H])c5c4c3[2H])c3c([2H])c([2H])c([2H])c([2H])c23)c([2H])c1[2H]. The van der Waals surface area contributed by atoms with Crippen LogP contribution in [0.2, 0.25) is 0 Å². The Labute approximate surface area is 301 Å².